The molecule has 3 heterocycles. The Balaban J connectivity index is 1.74. The van der Waals surface area contributed by atoms with Crippen LogP contribution in [0.2, 0.25) is 0 Å². The van der Waals surface area contributed by atoms with Gasteiger partial charge in [0.15, 0.2) is 0 Å². The molecule has 9 nitrogen and oxygen atoms in total. The molecule has 10 heteroatoms. The predicted octanol–water partition coefficient (Wildman–Crippen LogP) is 1.68. The van der Waals surface area contributed by atoms with Crippen LogP contribution in [0.25, 0.3) is 0 Å². The van der Waals surface area contributed by atoms with Crippen LogP contribution in [0.3, 0.4) is 0 Å². The van der Waals surface area contributed by atoms with Gasteiger partial charge in [-0.15, -0.1) is 0 Å². The van der Waals surface area contributed by atoms with Crippen molar-refractivity contribution in [3.8, 4) is 0 Å². The highest BCUT2D eigenvalue weighted by Gasteiger charge is 2.20. The lowest BCUT2D eigenvalue weighted by atomic mass is 10.3. The minimum absolute atomic E-state index is 0.227. The second kappa shape index (κ2) is 6.71. The first-order valence-electron chi connectivity index (χ1n) is 6.89. The van der Waals surface area contributed by atoms with E-state index in [-0.39, 0.29) is 23.8 Å². The minimum Gasteiger partial charge on any atom is -0.467 e. The maximum atomic E-state index is 12.4. The molecule has 0 fully saturated rings. The Labute approximate surface area is 144 Å². The molecule has 0 aliphatic heterocycles. The zero-order valence-electron chi connectivity index (χ0n) is 12.5. The Morgan fingerprint density at radius 1 is 1.38 bits per heavy atom. The summed E-state index contributed by atoms with van der Waals surface area (Å²) in [5.74, 6) is -0.199. The molecule has 3 N–H and O–H groups in total. The van der Waals surface area contributed by atoms with E-state index in [1.165, 1.54) is 23.3 Å². The Bertz CT molecular complexity index is 867. The smallest absolute Gasteiger partial charge is 0.274 e. The number of carbonyl (C=O) groups is 2. The van der Waals surface area contributed by atoms with Gasteiger partial charge in [-0.05, 0) is 28.1 Å². The van der Waals surface area contributed by atoms with Crippen molar-refractivity contribution >= 4 is 33.4 Å². The number of halogens is 1. The van der Waals surface area contributed by atoms with E-state index in [0.717, 1.165) is 0 Å². The minimum atomic E-state index is -0.438. The number of carbonyl (C=O) groups excluding carboxylic acids is 2. The zero-order valence-corrected chi connectivity index (χ0v) is 14.1. The van der Waals surface area contributed by atoms with Crippen LogP contribution in [0.1, 0.15) is 26.7 Å². The van der Waals surface area contributed by atoms with Gasteiger partial charge in [0.05, 0.1) is 35.4 Å². The lowest BCUT2D eigenvalue weighted by Crippen LogP contribution is -2.26. The molecule has 0 aliphatic carbocycles. The van der Waals surface area contributed by atoms with Gasteiger partial charge in [0.25, 0.3) is 11.8 Å². The molecule has 0 spiro atoms. The average molecular weight is 393 g/mol. The third-order valence-electron chi connectivity index (χ3n) is 3.23. The Hall–Kier alpha value is -2.88. The molecule has 0 atom stereocenters. The van der Waals surface area contributed by atoms with E-state index in [1.54, 1.807) is 19.2 Å². The number of anilines is 1. The number of hydrogen-bond acceptors (Lipinski definition) is 5. The van der Waals surface area contributed by atoms with E-state index in [4.69, 9.17) is 4.42 Å². The van der Waals surface area contributed by atoms with Crippen molar-refractivity contribution in [1.29, 1.82) is 0 Å². The molecule has 0 radical (unpaired) electrons. The third kappa shape index (κ3) is 3.23. The number of aromatic amines is 1. The highest BCUT2D eigenvalue weighted by Crippen LogP contribution is 2.18. The summed E-state index contributed by atoms with van der Waals surface area (Å²) in [6.07, 6.45) is 4.40. The fraction of sp³-hybridized carbons (Fsp3) is 0.143. The number of H-pyrrole nitrogens is 1. The van der Waals surface area contributed by atoms with E-state index in [2.05, 4.69) is 41.9 Å². The van der Waals surface area contributed by atoms with Crippen LogP contribution >= 0.6 is 15.9 Å². The van der Waals surface area contributed by atoms with Gasteiger partial charge in [0.1, 0.15) is 17.1 Å². The summed E-state index contributed by atoms with van der Waals surface area (Å²) in [5, 5.41) is 15.7. The van der Waals surface area contributed by atoms with Crippen LogP contribution in [-0.2, 0) is 13.6 Å². The summed E-state index contributed by atoms with van der Waals surface area (Å²) in [6.45, 7) is 0.233. The highest BCUT2D eigenvalue weighted by molar-refractivity contribution is 9.10. The van der Waals surface area contributed by atoms with Gasteiger partial charge in [0, 0.05) is 7.05 Å². The normalized spacial score (nSPS) is 10.6. The molecular weight excluding hydrogens is 380 g/mol. The summed E-state index contributed by atoms with van der Waals surface area (Å²) in [7, 11) is 1.61. The first kappa shape index (κ1) is 16.0. The average Bonchev–Trinajstić information content (AvgIpc) is 3.27. The Morgan fingerprint density at radius 3 is 2.88 bits per heavy atom. The second-order valence-electron chi connectivity index (χ2n) is 4.84. The summed E-state index contributed by atoms with van der Waals surface area (Å²) < 4.78 is 7.07. The van der Waals surface area contributed by atoms with Crippen LogP contribution in [0.15, 0.2) is 39.7 Å². The van der Waals surface area contributed by atoms with E-state index < -0.39 is 5.91 Å². The third-order valence-corrected chi connectivity index (χ3v) is 3.83. The SMILES string of the molecule is Cn1ncc(NC(=O)c2[nH]ncc2Br)c1C(=O)NCc1ccco1. The number of aryl methyl sites for hydroxylation is 1. The summed E-state index contributed by atoms with van der Waals surface area (Å²) in [6, 6.07) is 3.49. The van der Waals surface area contributed by atoms with Crippen LogP contribution < -0.4 is 10.6 Å². The van der Waals surface area contributed by atoms with Gasteiger partial charge in [-0.1, -0.05) is 0 Å². The maximum absolute atomic E-state index is 12.4. The molecule has 0 saturated carbocycles. The zero-order chi connectivity index (χ0) is 17.1. The molecule has 0 unspecified atom stereocenters. The van der Waals surface area contributed by atoms with Crippen molar-refractivity contribution in [2.45, 2.75) is 6.54 Å². The van der Waals surface area contributed by atoms with E-state index in [9.17, 15) is 9.59 Å². The van der Waals surface area contributed by atoms with Crippen molar-refractivity contribution in [3.63, 3.8) is 0 Å². The van der Waals surface area contributed by atoms with Gasteiger partial charge in [-0.25, -0.2) is 0 Å². The number of furan rings is 1. The van der Waals surface area contributed by atoms with Crippen LogP contribution in [0.5, 0.6) is 0 Å². The molecule has 3 rings (SSSR count). The molecule has 124 valence electrons. The molecule has 0 aromatic carbocycles. The monoisotopic (exact) mass is 392 g/mol. The quantitative estimate of drug-likeness (QED) is 0.610. The van der Waals surface area contributed by atoms with Gasteiger partial charge in [0.2, 0.25) is 0 Å². The summed E-state index contributed by atoms with van der Waals surface area (Å²) in [4.78, 5) is 24.6. The summed E-state index contributed by atoms with van der Waals surface area (Å²) >= 11 is 3.21. The number of nitrogens with one attached hydrogen (secondary N) is 3. The van der Waals surface area contributed by atoms with Gasteiger partial charge < -0.3 is 15.1 Å². The van der Waals surface area contributed by atoms with Gasteiger partial charge in [-0.3, -0.25) is 19.4 Å². The fourth-order valence-electron chi connectivity index (χ4n) is 2.08. The lowest BCUT2D eigenvalue weighted by molar-refractivity contribution is 0.0939. The second-order valence-corrected chi connectivity index (χ2v) is 5.69. The Kier molecular flexibility index (Phi) is 4.47. The highest BCUT2D eigenvalue weighted by atomic mass is 79.9. The fourth-order valence-corrected chi connectivity index (χ4v) is 2.45. The molecule has 3 aromatic rings. The molecule has 0 bridgehead atoms. The Morgan fingerprint density at radius 2 is 2.21 bits per heavy atom. The topological polar surface area (TPSA) is 118 Å². The van der Waals surface area contributed by atoms with Crippen LogP contribution in [-0.4, -0.2) is 31.8 Å². The number of aromatic nitrogens is 4. The van der Waals surface area contributed by atoms with E-state index >= 15 is 0 Å². The molecule has 3 aromatic heterocycles. The first-order chi connectivity index (χ1) is 11.6. The summed E-state index contributed by atoms with van der Waals surface area (Å²) in [5.41, 5.74) is 0.771. The van der Waals surface area contributed by atoms with Crippen LogP contribution in [0.4, 0.5) is 5.69 Å². The van der Waals surface area contributed by atoms with Crippen molar-refractivity contribution in [1.82, 2.24) is 25.3 Å². The van der Waals surface area contributed by atoms with Crippen LogP contribution in [0, 0.1) is 0 Å². The van der Waals surface area contributed by atoms with E-state index in [0.29, 0.717) is 15.9 Å². The molecular formula is C14H13BrN6O3. The van der Waals surface area contributed by atoms with E-state index in [1.807, 2.05) is 0 Å². The standard InChI is InChI=1S/C14H13BrN6O3/c1-21-12(14(23)16-5-8-3-2-4-24-8)10(7-18-21)19-13(22)11-9(15)6-17-20-11/h2-4,6-7H,5H2,1H3,(H,16,23)(H,17,20)(H,19,22). The first-order valence-corrected chi connectivity index (χ1v) is 7.68. The van der Waals surface area contributed by atoms with Crippen molar-refractivity contribution in [3.05, 3.63) is 52.4 Å². The largest absolute Gasteiger partial charge is 0.467 e. The molecule has 0 saturated heterocycles. The van der Waals surface area contributed by atoms with Gasteiger partial charge >= 0.3 is 0 Å². The van der Waals surface area contributed by atoms with Crippen molar-refractivity contribution in [2.24, 2.45) is 7.05 Å². The van der Waals surface area contributed by atoms with Gasteiger partial charge in [-0.2, -0.15) is 10.2 Å². The number of rotatable bonds is 5. The molecule has 2 amide bonds. The molecule has 24 heavy (non-hydrogen) atoms. The number of hydrogen-bond donors (Lipinski definition) is 3. The number of amides is 2. The molecule has 0 aliphatic rings. The van der Waals surface area contributed by atoms with Crippen molar-refractivity contribution in [2.75, 3.05) is 5.32 Å². The predicted molar refractivity (Wildman–Crippen MR) is 87.3 cm³/mol. The lowest BCUT2D eigenvalue weighted by Gasteiger charge is -2.08. The van der Waals surface area contributed by atoms with Crippen molar-refractivity contribution < 1.29 is 14.0 Å². The number of nitrogens with zero attached hydrogens (tertiary/aromatic N) is 3. The maximum Gasteiger partial charge on any atom is 0.274 e.